The zero-order chi connectivity index (χ0) is 23.0. The van der Waals surface area contributed by atoms with Crippen LogP contribution in [0.5, 0.6) is 0 Å². The summed E-state index contributed by atoms with van der Waals surface area (Å²) in [4.78, 5) is 48.2. The number of amides is 3. The van der Waals surface area contributed by atoms with E-state index in [0.717, 1.165) is 0 Å². The predicted molar refractivity (Wildman–Crippen MR) is 117 cm³/mol. The van der Waals surface area contributed by atoms with E-state index in [2.05, 4.69) is 10.6 Å². The molecule has 0 bridgehead atoms. The summed E-state index contributed by atoms with van der Waals surface area (Å²) in [6.45, 7) is 3.15. The molecule has 2 rings (SSSR count). The van der Waals surface area contributed by atoms with Crippen LogP contribution in [0.3, 0.4) is 0 Å². The fourth-order valence-corrected chi connectivity index (χ4v) is 2.76. The lowest BCUT2D eigenvalue weighted by molar-refractivity contribution is -0.150. The van der Waals surface area contributed by atoms with Gasteiger partial charge in [0.1, 0.15) is 6.04 Å². The Morgan fingerprint density at radius 3 is 2.13 bits per heavy atom. The topological polar surface area (TPSA) is 128 Å². The number of nitrogens with one attached hydrogen (secondary N) is 2. The first-order valence-corrected chi connectivity index (χ1v) is 10.0. The van der Waals surface area contributed by atoms with Crippen LogP contribution in [0.1, 0.15) is 41.0 Å². The Kier molecular flexibility index (Phi) is 8.57. The van der Waals surface area contributed by atoms with Crippen LogP contribution in [0.4, 0.5) is 5.69 Å². The Morgan fingerprint density at radius 2 is 1.58 bits per heavy atom. The van der Waals surface area contributed by atoms with Gasteiger partial charge < -0.3 is 21.1 Å². The lowest BCUT2D eigenvalue weighted by Gasteiger charge is -2.22. The zero-order valence-electron chi connectivity index (χ0n) is 17.2. The summed E-state index contributed by atoms with van der Waals surface area (Å²) in [5, 5.41) is 5.70. The molecule has 0 radical (unpaired) electrons. The van der Waals surface area contributed by atoms with E-state index in [1.54, 1.807) is 31.2 Å². The van der Waals surface area contributed by atoms with E-state index in [0.29, 0.717) is 28.3 Å². The van der Waals surface area contributed by atoms with Crippen molar-refractivity contribution in [1.82, 2.24) is 5.32 Å². The number of nitrogens with two attached hydrogens (primary N) is 1. The normalized spacial score (nSPS) is 12.4. The minimum Gasteiger partial charge on any atom is -0.454 e. The van der Waals surface area contributed by atoms with Gasteiger partial charge in [0.2, 0.25) is 5.91 Å². The van der Waals surface area contributed by atoms with E-state index in [9.17, 15) is 19.2 Å². The number of anilines is 1. The van der Waals surface area contributed by atoms with Gasteiger partial charge in [-0.3, -0.25) is 14.4 Å². The van der Waals surface area contributed by atoms with Gasteiger partial charge in [-0.15, -0.1) is 0 Å². The summed E-state index contributed by atoms with van der Waals surface area (Å²) in [6.07, 6.45) is 0.610. The number of ether oxygens (including phenoxy) is 1. The number of carbonyl (C=O) groups excluding carboxylic acids is 4. The monoisotopic (exact) mass is 445 g/mol. The largest absolute Gasteiger partial charge is 0.454 e. The SMILES string of the molecule is CC[C@H](C)[C@H](NC(=O)c1ccc(Cl)cc1)C(=O)OCC(=O)Nc1ccc(C(N)=O)cc1. The second-order valence-electron chi connectivity index (χ2n) is 6.94. The standard InChI is InChI=1S/C22H24ClN3O5/c1-3-13(2)19(26-21(29)15-4-8-16(23)9-5-15)22(30)31-12-18(27)25-17-10-6-14(7-11-17)20(24)28/h4-11,13,19H,3,12H2,1-2H3,(H2,24,28)(H,25,27)(H,26,29)/t13-,19-/m0/s1. The molecule has 8 nitrogen and oxygen atoms in total. The Balaban J connectivity index is 1.95. The molecule has 3 amide bonds. The third-order valence-corrected chi connectivity index (χ3v) is 4.91. The molecule has 0 aliphatic heterocycles. The van der Waals surface area contributed by atoms with Gasteiger partial charge in [-0.25, -0.2) is 4.79 Å². The van der Waals surface area contributed by atoms with Crippen molar-refractivity contribution in [3.05, 3.63) is 64.7 Å². The number of primary amides is 1. The lowest BCUT2D eigenvalue weighted by Crippen LogP contribution is -2.46. The second-order valence-corrected chi connectivity index (χ2v) is 7.38. The molecule has 0 fully saturated rings. The van der Waals surface area contributed by atoms with E-state index in [1.807, 2.05) is 6.92 Å². The molecule has 2 aromatic rings. The van der Waals surface area contributed by atoms with E-state index in [1.165, 1.54) is 24.3 Å². The summed E-state index contributed by atoms with van der Waals surface area (Å²) < 4.78 is 5.12. The Hall–Kier alpha value is -3.39. The fourth-order valence-electron chi connectivity index (χ4n) is 2.64. The van der Waals surface area contributed by atoms with Crippen LogP contribution in [0.15, 0.2) is 48.5 Å². The minimum absolute atomic E-state index is 0.215. The molecule has 0 saturated carbocycles. The van der Waals surface area contributed by atoms with Gasteiger partial charge in [0.05, 0.1) is 0 Å². The van der Waals surface area contributed by atoms with Gasteiger partial charge in [-0.1, -0.05) is 31.9 Å². The molecule has 0 unspecified atom stereocenters. The highest BCUT2D eigenvalue weighted by atomic mass is 35.5. The Bertz CT molecular complexity index is 945. The molecule has 0 aliphatic carbocycles. The number of rotatable bonds is 9. The average Bonchev–Trinajstić information content (AvgIpc) is 2.76. The Labute approximate surface area is 185 Å². The Morgan fingerprint density at radius 1 is 1.00 bits per heavy atom. The van der Waals surface area contributed by atoms with Crippen LogP contribution in [-0.2, 0) is 14.3 Å². The van der Waals surface area contributed by atoms with Gasteiger partial charge >= 0.3 is 5.97 Å². The van der Waals surface area contributed by atoms with Crippen molar-refractivity contribution in [2.45, 2.75) is 26.3 Å². The van der Waals surface area contributed by atoms with Gasteiger partial charge in [0, 0.05) is 21.8 Å². The van der Waals surface area contributed by atoms with Crippen molar-refractivity contribution in [3.63, 3.8) is 0 Å². The minimum atomic E-state index is -0.921. The molecule has 31 heavy (non-hydrogen) atoms. The maximum Gasteiger partial charge on any atom is 0.329 e. The van der Waals surface area contributed by atoms with Crippen LogP contribution >= 0.6 is 11.6 Å². The van der Waals surface area contributed by atoms with Gasteiger partial charge in [0.25, 0.3) is 11.8 Å². The number of hydrogen-bond acceptors (Lipinski definition) is 5. The third kappa shape index (κ3) is 7.11. The highest BCUT2D eigenvalue weighted by molar-refractivity contribution is 6.30. The third-order valence-electron chi connectivity index (χ3n) is 4.66. The molecular formula is C22H24ClN3O5. The molecule has 0 heterocycles. The van der Waals surface area contributed by atoms with Crippen LogP contribution in [0, 0.1) is 5.92 Å². The molecule has 0 saturated heterocycles. The molecule has 0 aliphatic rings. The van der Waals surface area contributed by atoms with Crippen molar-refractivity contribution in [3.8, 4) is 0 Å². The summed E-state index contributed by atoms with van der Waals surface area (Å²) in [7, 11) is 0. The summed E-state index contributed by atoms with van der Waals surface area (Å²) in [6, 6.07) is 11.3. The van der Waals surface area contributed by atoms with Crippen molar-refractivity contribution >= 4 is 41.0 Å². The molecule has 164 valence electrons. The van der Waals surface area contributed by atoms with Crippen LogP contribution in [0.2, 0.25) is 5.02 Å². The summed E-state index contributed by atoms with van der Waals surface area (Å²) in [5.74, 6) is -2.52. The average molecular weight is 446 g/mol. The molecule has 4 N–H and O–H groups in total. The van der Waals surface area contributed by atoms with Crippen LogP contribution < -0.4 is 16.4 Å². The van der Waals surface area contributed by atoms with E-state index in [-0.39, 0.29) is 5.92 Å². The molecule has 9 heteroatoms. The van der Waals surface area contributed by atoms with E-state index >= 15 is 0 Å². The second kappa shape index (κ2) is 11.1. The van der Waals surface area contributed by atoms with Crippen molar-refractivity contribution < 1.29 is 23.9 Å². The van der Waals surface area contributed by atoms with Crippen molar-refractivity contribution in [1.29, 1.82) is 0 Å². The number of esters is 1. The first kappa shape index (κ1) is 23.9. The quantitative estimate of drug-likeness (QED) is 0.511. The molecule has 0 spiro atoms. The first-order valence-electron chi connectivity index (χ1n) is 9.64. The maximum atomic E-state index is 12.6. The number of carbonyl (C=O) groups is 4. The fraction of sp³-hybridized carbons (Fsp3) is 0.273. The molecule has 0 aromatic heterocycles. The number of hydrogen-bond donors (Lipinski definition) is 3. The van der Waals surface area contributed by atoms with Crippen LogP contribution in [-0.4, -0.2) is 36.3 Å². The lowest BCUT2D eigenvalue weighted by atomic mass is 9.99. The van der Waals surface area contributed by atoms with Gasteiger partial charge in [-0.2, -0.15) is 0 Å². The van der Waals surface area contributed by atoms with E-state index < -0.39 is 36.3 Å². The van der Waals surface area contributed by atoms with Gasteiger partial charge in [0.15, 0.2) is 6.61 Å². The summed E-state index contributed by atoms with van der Waals surface area (Å²) in [5.41, 5.74) is 6.24. The van der Waals surface area contributed by atoms with Crippen LogP contribution in [0.25, 0.3) is 0 Å². The highest BCUT2D eigenvalue weighted by Gasteiger charge is 2.28. The maximum absolute atomic E-state index is 12.6. The smallest absolute Gasteiger partial charge is 0.329 e. The van der Waals surface area contributed by atoms with Gasteiger partial charge in [-0.05, 0) is 54.4 Å². The van der Waals surface area contributed by atoms with E-state index in [4.69, 9.17) is 22.1 Å². The number of benzene rings is 2. The highest BCUT2D eigenvalue weighted by Crippen LogP contribution is 2.14. The van der Waals surface area contributed by atoms with Crippen molar-refractivity contribution in [2.24, 2.45) is 11.7 Å². The first-order chi connectivity index (χ1) is 14.7. The van der Waals surface area contributed by atoms with Crippen molar-refractivity contribution in [2.75, 3.05) is 11.9 Å². The zero-order valence-corrected chi connectivity index (χ0v) is 17.9. The molecule has 2 aromatic carbocycles. The number of halogens is 1. The predicted octanol–water partition coefficient (Wildman–Crippen LogP) is 2.77. The molecule has 2 atom stereocenters. The summed E-state index contributed by atoms with van der Waals surface area (Å²) >= 11 is 5.83. The molecular weight excluding hydrogens is 422 g/mol.